The molecule has 0 atom stereocenters. The number of aromatic nitrogens is 3. The fraction of sp³-hybridized carbons (Fsp3) is 0.167. The van der Waals surface area contributed by atoms with Gasteiger partial charge in [0.15, 0.2) is 0 Å². The standard InChI is InChI=1S/C12H9N5O4/c1-5-3-7(18)16(9(5)20)11-13-12(15-14-11)17-8(19)4-6(2)10(17)21/h1-4H2,(H,13,14,15). The van der Waals surface area contributed by atoms with Crippen molar-refractivity contribution < 1.29 is 19.2 Å². The minimum Gasteiger partial charge on any atom is -0.274 e. The summed E-state index contributed by atoms with van der Waals surface area (Å²) in [6, 6.07) is 0. The van der Waals surface area contributed by atoms with Gasteiger partial charge in [-0.3, -0.25) is 19.2 Å². The fourth-order valence-electron chi connectivity index (χ4n) is 2.08. The van der Waals surface area contributed by atoms with Gasteiger partial charge in [0.1, 0.15) is 0 Å². The Balaban J connectivity index is 1.94. The van der Waals surface area contributed by atoms with Crippen LogP contribution < -0.4 is 9.80 Å². The molecule has 9 heteroatoms. The molecule has 0 spiro atoms. The number of nitrogens with zero attached hydrogens (tertiary/aromatic N) is 4. The van der Waals surface area contributed by atoms with E-state index >= 15 is 0 Å². The molecule has 2 fully saturated rings. The third-order valence-electron chi connectivity index (χ3n) is 3.11. The molecule has 3 rings (SSSR count). The van der Waals surface area contributed by atoms with E-state index in [0.717, 1.165) is 9.80 Å². The zero-order valence-electron chi connectivity index (χ0n) is 10.8. The molecule has 9 nitrogen and oxygen atoms in total. The molecule has 1 N–H and O–H groups in total. The van der Waals surface area contributed by atoms with Crippen LogP contribution >= 0.6 is 0 Å². The van der Waals surface area contributed by atoms with Crippen LogP contribution in [0.25, 0.3) is 0 Å². The van der Waals surface area contributed by atoms with Crippen molar-refractivity contribution in [2.75, 3.05) is 9.80 Å². The second kappa shape index (κ2) is 4.20. The summed E-state index contributed by atoms with van der Waals surface area (Å²) in [6.45, 7) is 6.95. The van der Waals surface area contributed by atoms with E-state index in [4.69, 9.17) is 0 Å². The van der Waals surface area contributed by atoms with E-state index in [1.54, 1.807) is 0 Å². The Bertz CT molecular complexity index is 686. The molecule has 3 heterocycles. The van der Waals surface area contributed by atoms with Gasteiger partial charge in [0.25, 0.3) is 17.8 Å². The molecule has 2 saturated heterocycles. The van der Waals surface area contributed by atoms with Crippen molar-refractivity contribution in [2.24, 2.45) is 0 Å². The van der Waals surface area contributed by atoms with Gasteiger partial charge in [-0.15, -0.1) is 5.10 Å². The molecule has 106 valence electrons. The summed E-state index contributed by atoms with van der Waals surface area (Å²) >= 11 is 0. The van der Waals surface area contributed by atoms with E-state index in [-0.39, 0.29) is 35.9 Å². The summed E-state index contributed by atoms with van der Waals surface area (Å²) in [5, 5.41) is 6.07. The van der Waals surface area contributed by atoms with Gasteiger partial charge < -0.3 is 0 Å². The van der Waals surface area contributed by atoms with E-state index in [0.29, 0.717) is 0 Å². The molecule has 1 aromatic rings. The van der Waals surface area contributed by atoms with Crippen molar-refractivity contribution in [1.82, 2.24) is 15.2 Å². The first-order valence-electron chi connectivity index (χ1n) is 5.92. The fourth-order valence-corrected chi connectivity index (χ4v) is 2.08. The van der Waals surface area contributed by atoms with Gasteiger partial charge in [-0.1, -0.05) is 13.2 Å². The molecule has 4 amide bonds. The highest BCUT2D eigenvalue weighted by atomic mass is 16.2. The van der Waals surface area contributed by atoms with Gasteiger partial charge in [0.05, 0.1) is 12.8 Å². The Morgan fingerprint density at radius 1 is 0.905 bits per heavy atom. The number of nitrogens with one attached hydrogen (secondary N) is 1. The lowest BCUT2D eigenvalue weighted by atomic mass is 10.3. The van der Waals surface area contributed by atoms with Gasteiger partial charge in [-0.2, -0.15) is 4.98 Å². The van der Waals surface area contributed by atoms with Crippen molar-refractivity contribution in [3.8, 4) is 0 Å². The van der Waals surface area contributed by atoms with E-state index < -0.39 is 23.6 Å². The van der Waals surface area contributed by atoms with Crippen LogP contribution in [0.1, 0.15) is 12.8 Å². The molecule has 0 saturated carbocycles. The summed E-state index contributed by atoms with van der Waals surface area (Å²) in [6.07, 6.45) is -0.214. The minimum absolute atomic E-state index is 0.104. The average molecular weight is 287 g/mol. The van der Waals surface area contributed by atoms with E-state index in [2.05, 4.69) is 28.3 Å². The summed E-state index contributed by atoms with van der Waals surface area (Å²) < 4.78 is 0. The van der Waals surface area contributed by atoms with Crippen molar-refractivity contribution >= 4 is 35.5 Å². The predicted molar refractivity (Wildman–Crippen MR) is 68.9 cm³/mol. The number of rotatable bonds is 2. The maximum absolute atomic E-state index is 11.8. The Morgan fingerprint density at radius 3 is 1.90 bits per heavy atom. The zero-order valence-corrected chi connectivity index (χ0v) is 10.8. The molecular weight excluding hydrogens is 278 g/mol. The zero-order chi connectivity index (χ0) is 15.3. The SMILES string of the molecule is C=C1CC(=O)N(c2n[nH]c(N3C(=O)CC(=C)C3=O)n2)C1=O. The lowest BCUT2D eigenvalue weighted by Crippen LogP contribution is -2.31. The largest absolute Gasteiger partial charge is 0.274 e. The number of hydrogen-bond donors (Lipinski definition) is 1. The third kappa shape index (κ3) is 1.78. The lowest BCUT2D eigenvalue weighted by molar-refractivity contribution is -0.122. The second-order valence-electron chi connectivity index (χ2n) is 4.59. The first-order valence-corrected chi connectivity index (χ1v) is 5.92. The number of imide groups is 2. The van der Waals surface area contributed by atoms with E-state index in [1.807, 2.05) is 0 Å². The minimum atomic E-state index is -0.603. The number of hydrogen-bond acceptors (Lipinski definition) is 6. The topological polar surface area (TPSA) is 116 Å². The Hall–Kier alpha value is -3.10. The third-order valence-corrected chi connectivity index (χ3v) is 3.11. The average Bonchev–Trinajstić information content (AvgIpc) is 3.02. The first kappa shape index (κ1) is 12.9. The number of amides is 4. The molecule has 0 aliphatic carbocycles. The van der Waals surface area contributed by atoms with Crippen LogP contribution in [0.2, 0.25) is 0 Å². The van der Waals surface area contributed by atoms with Crippen LogP contribution in [0, 0.1) is 0 Å². The summed E-state index contributed by atoms with van der Waals surface area (Å²) in [5.74, 6) is -2.59. The lowest BCUT2D eigenvalue weighted by Gasteiger charge is -2.09. The molecular formula is C12H9N5O4. The van der Waals surface area contributed by atoms with Gasteiger partial charge in [0.2, 0.25) is 17.8 Å². The van der Waals surface area contributed by atoms with Crippen LogP contribution in [0.15, 0.2) is 24.3 Å². The number of anilines is 2. The van der Waals surface area contributed by atoms with E-state index in [9.17, 15) is 19.2 Å². The molecule has 2 aliphatic heterocycles. The highest BCUT2D eigenvalue weighted by Gasteiger charge is 2.39. The van der Waals surface area contributed by atoms with Gasteiger partial charge in [0, 0.05) is 11.1 Å². The summed E-state index contributed by atoms with van der Waals surface area (Å²) in [4.78, 5) is 52.4. The Kier molecular flexibility index (Phi) is 2.58. The summed E-state index contributed by atoms with van der Waals surface area (Å²) in [5.41, 5.74) is 0.271. The Morgan fingerprint density at radius 2 is 1.43 bits per heavy atom. The quantitative estimate of drug-likeness (QED) is 0.576. The number of carbonyl (C=O) groups is 4. The van der Waals surface area contributed by atoms with Crippen molar-refractivity contribution in [3.63, 3.8) is 0 Å². The van der Waals surface area contributed by atoms with Crippen LogP contribution in [-0.4, -0.2) is 38.8 Å². The smallest absolute Gasteiger partial charge is 0.263 e. The molecule has 0 radical (unpaired) electrons. The second-order valence-corrected chi connectivity index (χ2v) is 4.59. The number of aromatic amines is 1. The van der Waals surface area contributed by atoms with E-state index in [1.165, 1.54) is 0 Å². The van der Waals surface area contributed by atoms with Crippen LogP contribution in [0.3, 0.4) is 0 Å². The van der Waals surface area contributed by atoms with Crippen LogP contribution in [-0.2, 0) is 19.2 Å². The Labute approximate surface area is 117 Å². The monoisotopic (exact) mass is 287 g/mol. The van der Waals surface area contributed by atoms with Gasteiger partial charge in [-0.05, 0) is 0 Å². The molecule has 1 aromatic heterocycles. The van der Waals surface area contributed by atoms with Crippen molar-refractivity contribution in [1.29, 1.82) is 0 Å². The highest BCUT2D eigenvalue weighted by molar-refractivity contribution is 6.28. The number of carbonyl (C=O) groups excluding carboxylic acids is 4. The highest BCUT2D eigenvalue weighted by Crippen LogP contribution is 2.26. The predicted octanol–water partition coefficient (Wildman–Crippen LogP) is -0.556. The van der Waals surface area contributed by atoms with Crippen LogP contribution in [0.5, 0.6) is 0 Å². The van der Waals surface area contributed by atoms with Crippen molar-refractivity contribution in [3.05, 3.63) is 24.3 Å². The van der Waals surface area contributed by atoms with Crippen molar-refractivity contribution in [2.45, 2.75) is 12.8 Å². The van der Waals surface area contributed by atoms with Gasteiger partial charge >= 0.3 is 0 Å². The molecule has 0 aromatic carbocycles. The molecule has 0 unspecified atom stereocenters. The van der Waals surface area contributed by atoms with Crippen LogP contribution in [0.4, 0.5) is 11.9 Å². The molecule has 2 aliphatic rings. The van der Waals surface area contributed by atoms with Gasteiger partial charge in [-0.25, -0.2) is 14.9 Å². The molecule has 0 bridgehead atoms. The number of H-pyrrole nitrogens is 1. The maximum Gasteiger partial charge on any atom is 0.263 e. The molecule has 21 heavy (non-hydrogen) atoms. The normalized spacial score (nSPS) is 19.4. The first-order chi connectivity index (χ1) is 9.90. The summed E-state index contributed by atoms with van der Waals surface area (Å²) in [7, 11) is 0. The maximum atomic E-state index is 11.8.